The third-order valence-corrected chi connectivity index (χ3v) is 3.76. The number of hydrogen-bond donors (Lipinski definition) is 1. The maximum atomic E-state index is 5.90. The van der Waals surface area contributed by atoms with Crippen LogP contribution in [0.25, 0.3) is 0 Å². The fourth-order valence-corrected chi connectivity index (χ4v) is 2.70. The molecule has 3 heteroatoms. The summed E-state index contributed by atoms with van der Waals surface area (Å²) in [6.45, 7) is 1.42. The minimum absolute atomic E-state index is 0.0221. The zero-order valence-corrected chi connectivity index (χ0v) is 10.0. The van der Waals surface area contributed by atoms with E-state index in [0.29, 0.717) is 6.61 Å². The minimum atomic E-state index is 0.0221. The van der Waals surface area contributed by atoms with Gasteiger partial charge in [-0.15, -0.1) is 0 Å². The fraction of sp³-hybridized carbons (Fsp3) is 0.571. The number of benzene rings is 1. The van der Waals surface area contributed by atoms with E-state index >= 15 is 0 Å². The van der Waals surface area contributed by atoms with E-state index < -0.39 is 0 Å². The molecular formula is C14H19NO2. The Morgan fingerprint density at radius 3 is 2.94 bits per heavy atom. The van der Waals surface area contributed by atoms with Crippen LogP contribution in [0.15, 0.2) is 18.2 Å². The predicted molar refractivity (Wildman–Crippen MR) is 66.3 cm³/mol. The smallest absolute Gasteiger partial charge is 0.127 e. The molecule has 0 amide bonds. The van der Waals surface area contributed by atoms with Gasteiger partial charge in [0, 0.05) is 11.6 Å². The average Bonchev–Trinajstić information content (AvgIpc) is 2.97. The van der Waals surface area contributed by atoms with Crippen molar-refractivity contribution in [2.45, 2.75) is 31.7 Å². The summed E-state index contributed by atoms with van der Waals surface area (Å²) in [5, 5.41) is 0. The van der Waals surface area contributed by atoms with Gasteiger partial charge in [-0.3, -0.25) is 0 Å². The second kappa shape index (κ2) is 4.57. The quantitative estimate of drug-likeness (QED) is 0.873. The van der Waals surface area contributed by atoms with Gasteiger partial charge in [-0.25, -0.2) is 0 Å². The van der Waals surface area contributed by atoms with Gasteiger partial charge in [0.2, 0.25) is 0 Å². The molecule has 17 heavy (non-hydrogen) atoms. The summed E-state index contributed by atoms with van der Waals surface area (Å²) >= 11 is 0. The largest absolute Gasteiger partial charge is 0.493 e. The SMILES string of the molecule is NC1COc2cc(OCC3CCCC3)ccc21. The first kappa shape index (κ1) is 10.9. The molecule has 0 aromatic heterocycles. The Morgan fingerprint density at radius 2 is 2.12 bits per heavy atom. The highest BCUT2D eigenvalue weighted by molar-refractivity contribution is 5.44. The van der Waals surface area contributed by atoms with Crippen molar-refractivity contribution in [2.24, 2.45) is 11.7 Å². The van der Waals surface area contributed by atoms with Crippen LogP contribution >= 0.6 is 0 Å². The lowest BCUT2D eigenvalue weighted by molar-refractivity contribution is 0.250. The molecule has 0 spiro atoms. The van der Waals surface area contributed by atoms with Gasteiger partial charge in [-0.1, -0.05) is 12.8 Å². The van der Waals surface area contributed by atoms with Crippen LogP contribution in [0.5, 0.6) is 11.5 Å². The molecule has 2 N–H and O–H groups in total. The number of hydrogen-bond acceptors (Lipinski definition) is 3. The Hall–Kier alpha value is -1.22. The van der Waals surface area contributed by atoms with Gasteiger partial charge in [-0.2, -0.15) is 0 Å². The summed E-state index contributed by atoms with van der Waals surface area (Å²) in [7, 11) is 0. The van der Waals surface area contributed by atoms with Gasteiger partial charge in [0.05, 0.1) is 12.6 Å². The van der Waals surface area contributed by atoms with Crippen molar-refractivity contribution in [3.8, 4) is 11.5 Å². The summed E-state index contributed by atoms with van der Waals surface area (Å²) in [5.41, 5.74) is 7.00. The molecule has 1 aliphatic heterocycles. The molecule has 1 atom stereocenters. The minimum Gasteiger partial charge on any atom is -0.493 e. The van der Waals surface area contributed by atoms with Crippen molar-refractivity contribution in [3.05, 3.63) is 23.8 Å². The average molecular weight is 233 g/mol. The molecule has 3 rings (SSSR count). The molecule has 1 unspecified atom stereocenters. The molecular weight excluding hydrogens is 214 g/mol. The summed E-state index contributed by atoms with van der Waals surface area (Å²) in [6, 6.07) is 6.02. The van der Waals surface area contributed by atoms with E-state index in [1.165, 1.54) is 25.7 Å². The van der Waals surface area contributed by atoms with Gasteiger partial charge in [-0.05, 0) is 30.9 Å². The molecule has 3 nitrogen and oxygen atoms in total. The summed E-state index contributed by atoms with van der Waals surface area (Å²) < 4.78 is 11.3. The highest BCUT2D eigenvalue weighted by atomic mass is 16.5. The summed E-state index contributed by atoms with van der Waals surface area (Å²) in [4.78, 5) is 0. The molecule has 1 saturated carbocycles. The van der Waals surface area contributed by atoms with Crippen LogP contribution in [0, 0.1) is 5.92 Å². The van der Waals surface area contributed by atoms with Crippen LogP contribution in [0.4, 0.5) is 0 Å². The van der Waals surface area contributed by atoms with Crippen molar-refractivity contribution in [1.29, 1.82) is 0 Å². The number of nitrogens with two attached hydrogens (primary N) is 1. The maximum absolute atomic E-state index is 5.90. The van der Waals surface area contributed by atoms with Gasteiger partial charge in [0.25, 0.3) is 0 Å². The van der Waals surface area contributed by atoms with E-state index in [4.69, 9.17) is 15.2 Å². The standard InChI is InChI=1S/C14H19NO2/c15-13-9-17-14-7-11(5-6-12(13)14)16-8-10-3-1-2-4-10/h5-7,10,13H,1-4,8-9,15H2. The van der Waals surface area contributed by atoms with Crippen LogP contribution in [-0.4, -0.2) is 13.2 Å². The van der Waals surface area contributed by atoms with Crippen LogP contribution in [-0.2, 0) is 0 Å². The van der Waals surface area contributed by atoms with Crippen molar-refractivity contribution >= 4 is 0 Å². The van der Waals surface area contributed by atoms with Crippen LogP contribution in [0.1, 0.15) is 37.3 Å². The highest BCUT2D eigenvalue weighted by Gasteiger charge is 2.21. The molecule has 1 aromatic rings. The second-order valence-corrected chi connectivity index (χ2v) is 5.08. The third-order valence-electron chi connectivity index (χ3n) is 3.76. The monoisotopic (exact) mass is 233 g/mol. The van der Waals surface area contributed by atoms with E-state index in [-0.39, 0.29) is 6.04 Å². The Bertz CT molecular complexity index is 399. The van der Waals surface area contributed by atoms with E-state index in [1.54, 1.807) is 0 Å². The lowest BCUT2D eigenvalue weighted by atomic mass is 10.1. The Morgan fingerprint density at radius 1 is 1.29 bits per heavy atom. The lowest BCUT2D eigenvalue weighted by Crippen LogP contribution is -2.10. The number of fused-ring (bicyclic) bond motifs is 1. The molecule has 1 aromatic carbocycles. The van der Waals surface area contributed by atoms with Crippen molar-refractivity contribution < 1.29 is 9.47 Å². The second-order valence-electron chi connectivity index (χ2n) is 5.08. The summed E-state index contributed by atoms with van der Waals surface area (Å²) in [6.07, 6.45) is 5.34. The fourth-order valence-electron chi connectivity index (χ4n) is 2.70. The topological polar surface area (TPSA) is 44.5 Å². The van der Waals surface area contributed by atoms with E-state index in [0.717, 1.165) is 29.6 Å². The zero-order valence-electron chi connectivity index (χ0n) is 10.0. The van der Waals surface area contributed by atoms with Crippen LogP contribution in [0.3, 0.4) is 0 Å². The molecule has 92 valence electrons. The Balaban J connectivity index is 1.64. The van der Waals surface area contributed by atoms with E-state index in [1.807, 2.05) is 18.2 Å². The van der Waals surface area contributed by atoms with Gasteiger partial charge >= 0.3 is 0 Å². The molecule has 2 aliphatic rings. The van der Waals surface area contributed by atoms with Crippen molar-refractivity contribution in [1.82, 2.24) is 0 Å². The van der Waals surface area contributed by atoms with Gasteiger partial charge in [0.15, 0.2) is 0 Å². The normalized spacial score (nSPS) is 23.5. The molecule has 0 saturated heterocycles. The first-order valence-electron chi connectivity index (χ1n) is 6.48. The molecule has 1 fully saturated rings. The molecule has 1 aliphatic carbocycles. The van der Waals surface area contributed by atoms with Gasteiger partial charge in [0.1, 0.15) is 18.1 Å². The predicted octanol–water partition coefficient (Wildman–Crippen LogP) is 2.65. The summed E-state index contributed by atoms with van der Waals surface area (Å²) in [5.74, 6) is 2.54. The number of rotatable bonds is 3. The molecule has 0 radical (unpaired) electrons. The van der Waals surface area contributed by atoms with E-state index in [2.05, 4.69) is 0 Å². The highest BCUT2D eigenvalue weighted by Crippen LogP contribution is 2.34. The molecule has 0 bridgehead atoms. The first-order valence-corrected chi connectivity index (χ1v) is 6.48. The first-order chi connectivity index (χ1) is 8.33. The Kier molecular flexibility index (Phi) is 2.93. The third kappa shape index (κ3) is 2.25. The maximum Gasteiger partial charge on any atom is 0.127 e. The molecule has 1 heterocycles. The van der Waals surface area contributed by atoms with Crippen molar-refractivity contribution in [2.75, 3.05) is 13.2 Å². The van der Waals surface area contributed by atoms with Crippen molar-refractivity contribution in [3.63, 3.8) is 0 Å². The zero-order chi connectivity index (χ0) is 11.7. The van der Waals surface area contributed by atoms with E-state index in [9.17, 15) is 0 Å². The van der Waals surface area contributed by atoms with Gasteiger partial charge < -0.3 is 15.2 Å². The lowest BCUT2D eigenvalue weighted by Gasteiger charge is -2.12. The number of ether oxygens (including phenoxy) is 2. The van der Waals surface area contributed by atoms with Crippen LogP contribution < -0.4 is 15.2 Å². The Labute approximate surface area is 102 Å². The van der Waals surface area contributed by atoms with Crippen LogP contribution in [0.2, 0.25) is 0 Å².